The molecule has 36 heavy (non-hydrogen) atoms. The summed E-state index contributed by atoms with van der Waals surface area (Å²) >= 11 is 4.72. The average molecular weight is 562 g/mol. The Labute approximate surface area is 222 Å². The Morgan fingerprint density at radius 2 is 1.69 bits per heavy atom. The van der Waals surface area contributed by atoms with Crippen molar-refractivity contribution in [3.8, 4) is 16.9 Å². The molecule has 0 aliphatic heterocycles. The number of rotatable bonds is 9. The van der Waals surface area contributed by atoms with Crippen LogP contribution < -0.4 is 10.1 Å². The molecule has 0 bridgehead atoms. The lowest BCUT2D eigenvalue weighted by atomic mass is 10.0. The fourth-order valence-corrected chi connectivity index (χ4v) is 4.66. The fourth-order valence-electron chi connectivity index (χ4n) is 3.44. The van der Waals surface area contributed by atoms with Crippen LogP contribution in [0, 0.1) is 0 Å². The highest BCUT2D eigenvalue weighted by atomic mass is 79.9. The number of hydrogen-bond acceptors (Lipinski definition) is 5. The number of carbonyl (C=O) groups is 2. The van der Waals surface area contributed by atoms with Crippen molar-refractivity contribution in [2.24, 2.45) is 0 Å². The second kappa shape index (κ2) is 12.3. The maximum atomic E-state index is 12.7. The normalized spacial score (nSPS) is 10.8. The van der Waals surface area contributed by atoms with Crippen molar-refractivity contribution in [2.45, 2.75) is 13.5 Å². The first kappa shape index (κ1) is 25.4. The lowest BCUT2D eigenvalue weighted by molar-refractivity contribution is -0.111. The van der Waals surface area contributed by atoms with Gasteiger partial charge in [0.1, 0.15) is 22.9 Å². The van der Waals surface area contributed by atoms with Crippen LogP contribution in [0.2, 0.25) is 0 Å². The standard InChI is InChI=1S/C29H24BrNO4S/c1-2-34-29(33)27-25(22-11-13-23(30)14-12-22)19-36-28(27)31-26(32)17-10-20-8-15-24(16-9-20)35-18-21-6-4-3-5-7-21/h3-17,19H,2,18H2,1H3,(H,31,32)/b17-10+. The first-order chi connectivity index (χ1) is 17.5. The highest BCUT2D eigenvalue weighted by Crippen LogP contribution is 2.36. The molecule has 3 aromatic carbocycles. The van der Waals surface area contributed by atoms with Crippen molar-refractivity contribution >= 4 is 50.2 Å². The molecule has 0 radical (unpaired) electrons. The van der Waals surface area contributed by atoms with Crippen molar-refractivity contribution in [3.63, 3.8) is 0 Å². The molecule has 0 aliphatic carbocycles. The Hall–Kier alpha value is -3.68. The van der Waals surface area contributed by atoms with Gasteiger partial charge in [0, 0.05) is 21.5 Å². The van der Waals surface area contributed by atoms with E-state index in [1.807, 2.05) is 84.2 Å². The van der Waals surface area contributed by atoms with Crippen molar-refractivity contribution in [3.05, 3.63) is 111 Å². The smallest absolute Gasteiger partial charge is 0.341 e. The van der Waals surface area contributed by atoms with E-state index in [1.165, 1.54) is 17.4 Å². The van der Waals surface area contributed by atoms with Gasteiger partial charge in [0.05, 0.1) is 6.61 Å². The van der Waals surface area contributed by atoms with Gasteiger partial charge in [0.25, 0.3) is 0 Å². The zero-order valence-corrected chi connectivity index (χ0v) is 22.0. The van der Waals surface area contributed by atoms with E-state index in [-0.39, 0.29) is 12.5 Å². The minimum Gasteiger partial charge on any atom is -0.489 e. The lowest BCUT2D eigenvalue weighted by Crippen LogP contribution is -2.12. The molecule has 1 aromatic heterocycles. The van der Waals surface area contributed by atoms with Crippen molar-refractivity contribution in [1.29, 1.82) is 0 Å². The van der Waals surface area contributed by atoms with Gasteiger partial charge in [-0.15, -0.1) is 11.3 Å². The summed E-state index contributed by atoms with van der Waals surface area (Å²) in [5.41, 5.74) is 3.88. The van der Waals surface area contributed by atoms with E-state index in [1.54, 1.807) is 13.0 Å². The Morgan fingerprint density at radius 1 is 0.972 bits per heavy atom. The molecule has 0 atom stereocenters. The highest BCUT2D eigenvalue weighted by molar-refractivity contribution is 9.10. The Kier molecular flexibility index (Phi) is 8.71. The van der Waals surface area contributed by atoms with E-state index in [2.05, 4.69) is 21.2 Å². The number of halogens is 1. The van der Waals surface area contributed by atoms with E-state index < -0.39 is 5.97 Å². The first-order valence-corrected chi connectivity index (χ1v) is 13.0. The summed E-state index contributed by atoms with van der Waals surface area (Å²) < 4.78 is 12.0. The van der Waals surface area contributed by atoms with Gasteiger partial charge in [0.15, 0.2) is 0 Å². The second-order valence-electron chi connectivity index (χ2n) is 7.75. The Morgan fingerprint density at radius 3 is 2.39 bits per heavy atom. The van der Waals surface area contributed by atoms with Gasteiger partial charge in [-0.2, -0.15) is 0 Å². The van der Waals surface area contributed by atoms with Crippen LogP contribution in [0.15, 0.2) is 94.8 Å². The zero-order valence-electron chi connectivity index (χ0n) is 19.6. The largest absolute Gasteiger partial charge is 0.489 e. The van der Waals surface area contributed by atoms with Gasteiger partial charge in [-0.25, -0.2) is 4.79 Å². The van der Waals surface area contributed by atoms with Crippen LogP contribution in [0.5, 0.6) is 5.75 Å². The summed E-state index contributed by atoms with van der Waals surface area (Å²) in [5, 5.41) is 5.13. The first-order valence-electron chi connectivity index (χ1n) is 11.3. The molecule has 0 saturated heterocycles. The predicted octanol–water partition coefficient (Wildman–Crippen LogP) is 7.59. The molecular weight excluding hydrogens is 538 g/mol. The Bertz CT molecular complexity index is 1350. The maximum absolute atomic E-state index is 12.7. The minimum atomic E-state index is -0.470. The van der Waals surface area contributed by atoms with Crippen LogP contribution in [0.1, 0.15) is 28.4 Å². The number of carbonyl (C=O) groups excluding carboxylic acids is 2. The third kappa shape index (κ3) is 6.71. The zero-order chi connectivity index (χ0) is 25.3. The maximum Gasteiger partial charge on any atom is 0.341 e. The quantitative estimate of drug-likeness (QED) is 0.169. The number of hydrogen-bond donors (Lipinski definition) is 1. The number of anilines is 1. The molecule has 4 aromatic rings. The third-order valence-electron chi connectivity index (χ3n) is 5.22. The molecular formula is C29H24BrNO4S. The summed E-state index contributed by atoms with van der Waals surface area (Å²) in [7, 11) is 0. The molecule has 4 rings (SSSR count). The summed E-state index contributed by atoms with van der Waals surface area (Å²) in [6.45, 7) is 2.49. The SMILES string of the molecule is CCOC(=O)c1c(-c2ccc(Br)cc2)csc1NC(=O)/C=C/c1ccc(OCc2ccccc2)cc1. The molecule has 7 heteroatoms. The number of thiophene rings is 1. The second-order valence-corrected chi connectivity index (χ2v) is 9.54. The van der Waals surface area contributed by atoms with Gasteiger partial charge in [-0.1, -0.05) is 70.5 Å². The van der Waals surface area contributed by atoms with E-state index in [0.717, 1.165) is 32.5 Å². The summed E-state index contributed by atoms with van der Waals surface area (Å²) in [4.78, 5) is 25.4. The minimum absolute atomic E-state index is 0.243. The number of esters is 1. The van der Waals surface area contributed by atoms with E-state index >= 15 is 0 Å². The van der Waals surface area contributed by atoms with E-state index in [4.69, 9.17) is 9.47 Å². The van der Waals surface area contributed by atoms with Crippen LogP contribution in [-0.2, 0) is 16.1 Å². The molecule has 1 amide bonds. The predicted molar refractivity (Wildman–Crippen MR) is 148 cm³/mol. The van der Waals surface area contributed by atoms with Gasteiger partial charge < -0.3 is 14.8 Å². The summed E-state index contributed by atoms with van der Waals surface area (Å²) in [6.07, 6.45) is 3.15. The molecule has 1 heterocycles. The summed E-state index contributed by atoms with van der Waals surface area (Å²) in [6, 6.07) is 25.1. The molecule has 5 nitrogen and oxygen atoms in total. The highest BCUT2D eigenvalue weighted by Gasteiger charge is 2.22. The number of ether oxygens (including phenoxy) is 2. The monoisotopic (exact) mass is 561 g/mol. The molecule has 0 fully saturated rings. The average Bonchev–Trinajstić information content (AvgIpc) is 3.31. The van der Waals surface area contributed by atoms with Gasteiger partial charge in [0.2, 0.25) is 5.91 Å². The van der Waals surface area contributed by atoms with Crippen LogP contribution in [-0.4, -0.2) is 18.5 Å². The van der Waals surface area contributed by atoms with Crippen molar-refractivity contribution < 1.29 is 19.1 Å². The van der Waals surface area contributed by atoms with Gasteiger partial charge in [-0.3, -0.25) is 4.79 Å². The molecule has 0 saturated carbocycles. The number of benzene rings is 3. The van der Waals surface area contributed by atoms with Crippen molar-refractivity contribution in [1.82, 2.24) is 0 Å². The third-order valence-corrected chi connectivity index (χ3v) is 6.64. The van der Waals surface area contributed by atoms with Crippen LogP contribution >= 0.6 is 27.3 Å². The van der Waals surface area contributed by atoms with Crippen LogP contribution in [0.4, 0.5) is 5.00 Å². The number of nitrogens with one attached hydrogen (secondary N) is 1. The Balaban J connectivity index is 1.43. The van der Waals surface area contributed by atoms with E-state index in [9.17, 15) is 9.59 Å². The fraction of sp³-hybridized carbons (Fsp3) is 0.103. The molecule has 1 N–H and O–H groups in total. The molecule has 0 aliphatic rings. The molecule has 0 unspecified atom stereocenters. The molecule has 0 spiro atoms. The topological polar surface area (TPSA) is 64.6 Å². The summed E-state index contributed by atoms with van der Waals surface area (Å²) in [5.74, 6) is -0.0604. The van der Waals surface area contributed by atoms with E-state index in [0.29, 0.717) is 17.2 Å². The lowest BCUT2D eigenvalue weighted by Gasteiger charge is -2.08. The van der Waals surface area contributed by atoms with Gasteiger partial charge in [-0.05, 0) is 54.0 Å². The van der Waals surface area contributed by atoms with Crippen molar-refractivity contribution in [2.75, 3.05) is 11.9 Å². The molecule has 182 valence electrons. The van der Waals surface area contributed by atoms with Gasteiger partial charge >= 0.3 is 5.97 Å². The van der Waals surface area contributed by atoms with Crippen LogP contribution in [0.25, 0.3) is 17.2 Å². The van der Waals surface area contributed by atoms with Crippen LogP contribution in [0.3, 0.4) is 0 Å². The number of amides is 1.